The summed E-state index contributed by atoms with van der Waals surface area (Å²) in [5, 5.41) is 19.1. The van der Waals surface area contributed by atoms with E-state index in [9.17, 15) is 28.6 Å². The molecule has 5 nitrogen and oxygen atoms in total. The van der Waals surface area contributed by atoms with Gasteiger partial charge < -0.3 is 10.2 Å². The van der Waals surface area contributed by atoms with Crippen molar-refractivity contribution < 1.29 is 28.6 Å². The van der Waals surface area contributed by atoms with E-state index >= 15 is 0 Å². The first-order chi connectivity index (χ1) is 12.6. The number of nitrogens with zero attached hydrogens (tertiary/aromatic N) is 1. The van der Waals surface area contributed by atoms with Crippen molar-refractivity contribution in [3.63, 3.8) is 0 Å². The summed E-state index contributed by atoms with van der Waals surface area (Å²) in [7, 11) is 0. The van der Waals surface area contributed by atoms with Crippen LogP contribution in [-0.4, -0.2) is 26.7 Å². The first-order valence-corrected chi connectivity index (χ1v) is 8.27. The molecule has 1 aromatic heterocycles. The molecule has 0 fully saturated rings. The van der Waals surface area contributed by atoms with Crippen LogP contribution >= 0.6 is 11.6 Å². The van der Waals surface area contributed by atoms with Gasteiger partial charge in [0, 0.05) is 27.7 Å². The van der Waals surface area contributed by atoms with Crippen molar-refractivity contribution in [1.29, 1.82) is 0 Å². The van der Waals surface area contributed by atoms with Crippen molar-refractivity contribution in [2.45, 2.75) is 19.8 Å². The minimum atomic E-state index is -1.31. The van der Waals surface area contributed by atoms with E-state index in [1.54, 1.807) is 0 Å². The lowest BCUT2D eigenvalue weighted by atomic mass is 9.97. The molecule has 0 saturated carbocycles. The van der Waals surface area contributed by atoms with E-state index in [0.29, 0.717) is 5.02 Å². The fourth-order valence-electron chi connectivity index (χ4n) is 3.15. The van der Waals surface area contributed by atoms with Crippen LogP contribution in [0.15, 0.2) is 30.3 Å². The molecule has 0 saturated heterocycles. The number of halogens is 3. The largest absolute Gasteiger partial charge is 0.503 e. The molecule has 2 aromatic carbocycles. The second-order valence-corrected chi connectivity index (χ2v) is 6.56. The summed E-state index contributed by atoms with van der Waals surface area (Å²) in [6.07, 6.45) is 0. The Hall–Kier alpha value is -2.93. The predicted octanol–water partition coefficient (Wildman–Crippen LogP) is 4.46. The number of fused-ring (bicyclic) bond motifs is 1. The minimum absolute atomic E-state index is 0.00684. The maximum atomic E-state index is 14.6. The normalized spacial score (nSPS) is 12.3. The quantitative estimate of drug-likeness (QED) is 0.688. The molecule has 0 bridgehead atoms. The highest BCUT2D eigenvalue weighted by Gasteiger charge is 2.30. The van der Waals surface area contributed by atoms with Crippen molar-refractivity contribution in [2.24, 2.45) is 0 Å². The predicted molar refractivity (Wildman–Crippen MR) is 95.5 cm³/mol. The average molecular weight is 394 g/mol. The van der Waals surface area contributed by atoms with Gasteiger partial charge in [-0.1, -0.05) is 11.6 Å². The highest BCUT2D eigenvalue weighted by molar-refractivity contribution is 6.30. The van der Waals surface area contributed by atoms with E-state index in [2.05, 4.69) is 0 Å². The number of benzene rings is 2. The summed E-state index contributed by atoms with van der Waals surface area (Å²) in [5.74, 6) is -6.83. The number of hydrogen-bond acceptors (Lipinski definition) is 3. The Morgan fingerprint density at radius 3 is 2.33 bits per heavy atom. The molecule has 0 aliphatic rings. The average Bonchev–Trinajstić information content (AvgIpc) is 2.91. The minimum Gasteiger partial charge on any atom is -0.503 e. The molecule has 8 heteroatoms. The lowest BCUT2D eigenvalue weighted by molar-refractivity contribution is -0.138. The van der Waals surface area contributed by atoms with Crippen LogP contribution in [0.3, 0.4) is 0 Å². The lowest BCUT2D eigenvalue weighted by Gasteiger charge is -2.09. The summed E-state index contributed by atoms with van der Waals surface area (Å²) < 4.78 is 29.6. The molecule has 2 N–H and O–H groups in total. The molecule has 140 valence electrons. The van der Waals surface area contributed by atoms with Gasteiger partial charge in [-0.05, 0) is 43.7 Å². The van der Waals surface area contributed by atoms with Gasteiger partial charge in [-0.2, -0.15) is 0 Å². The molecule has 0 unspecified atom stereocenters. The number of aromatic hydroxyl groups is 1. The third kappa shape index (κ3) is 2.94. The van der Waals surface area contributed by atoms with Crippen molar-refractivity contribution >= 4 is 34.4 Å². The number of hydrogen-bond donors (Lipinski definition) is 2. The molecule has 3 rings (SSSR count). The van der Waals surface area contributed by atoms with E-state index in [-0.39, 0.29) is 27.7 Å². The fraction of sp³-hybridized carbons (Fsp3) is 0.158. The molecule has 3 aromatic rings. The van der Waals surface area contributed by atoms with Gasteiger partial charge in [0.15, 0.2) is 17.4 Å². The van der Waals surface area contributed by atoms with E-state index in [4.69, 9.17) is 11.6 Å². The summed E-state index contributed by atoms with van der Waals surface area (Å²) in [6.45, 7) is 2.76. The molecule has 1 heterocycles. The Morgan fingerprint density at radius 1 is 1.19 bits per heavy atom. The Bertz CT molecular complexity index is 1090. The van der Waals surface area contributed by atoms with Crippen LogP contribution in [0.5, 0.6) is 5.75 Å². The van der Waals surface area contributed by atoms with Gasteiger partial charge in [0.1, 0.15) is 0 Å². The summed E-state index contributed by atoms with van der Waals surface area (Å²) in [4.78, 5) is 24.4. The zero-order chi connectivity index (χ0) is 20.0. The van der Waals surface area contributed by atoms with Gasteiger partial charge in [-0.3, -0.25) is 14.2 Å². The molecule has 0 aliphatic heterocycles. The summed E-state index contributed by atoms with van der Waals surface area (Å²) in [6, 6.07) is 6.69. The first-order valence-electron chi connectivity index (χ1n) is 7.90. The number of carboxylic acid groups (broad SMARTS) is 1. The standard InChI is InChI=1S/C19H14ClF2NO4/c1-8(19(26)27)14-9(2)23(18(25)10-3-5-11(20)6-4-10)13-7-12(21)17(24)16(22)15(13)14/h3-8,24H,1-2H3,(H,26,27)/t8-/m1/s1. The molecular formula is C19H14ClF2NO4. The molecule has 27 heavy (non-hydrogen) atoms. The molecule has 0 aliphatic carbocycles. The Balaban J connectivity index is 2.39. The fourth-order valence-corrected chi connectivity index (χ4v) is 3.27. The SMILES string of the molecule is Cc1c([C@@H](C)C(=O)O)c2c(F)c(O)c(F)cc2n1C(=O)c1ccc(Cl)cc1. The van der Waals surface area contributed by atoms with Crippen LogP contribution in [0.25, 0.3) is 10.9 Å². The summed E-state index contributed by atoms with van der Waals surface area (Å²) in [5.41, 5.74) is 0.169. The highest BCUT2D eigenvalue weighted by Crippen LogP contribution is 2.38. The number of carboxylic acids is 1. The van der Waals surface area contributed by atoms with Crippen LogP contribution < -0.4 is 0 Å². The number of carbonyl (C=O) groups excluding carboxylic acids is 1. The molecule has 0 spiro atoms. The zero-order valence-corrected chi connectivity index (χ0v) is 15.0. The number of carbonyl (C=O) groups is 2. The second-order valence-electron chi connectivity index (χ2n) is 6.12. The van der Waals surface area contributed by atoms with Crippen LogP contribution in [0, 0.1) is 18.6 Å². The van der Waals surface area contributed by atoms with Crippen LogP contribution in [-0.2, 0) is 4.79 Å². The smallest absolute Gasteiger partial charge is 0.310 e. The van der Waals surface area contributed by atoms with Crippen molar-refractivity contribution in [1.82, 2.24) is 4.57 Å². The van der Waals surface area contributed by atoms with Crippen molar-refractivity contribution in [3.05, 3.63) is 63.8 Å². The third-order valence-electron chi connectivity index (χ3n) is 4.51. The van der Waals surface area contributed by atoms with E-state index in [1.165, 1.54) is 38.1 Å². The van der Waals surface area contributed by atoms with Crippen LogP contribution in [0.2, 0.25) is 5.02 Å². The van der Waals surface area contributed by atoms with Gasteiger partial charge >= 0.3 is 5.97 Å². The number of aliphatic carboxylic acids is 1. The zero-order valence-electron chi connectivity index (χ0n) is 14.3. The molecule has 0 radical (unpaired) electrons. The second kappa shape index (κ2) is 6.66. The van der Waals surface area contributed by atoms with Crippen LogP contribution in [0.1, 0.15) is 34.5 Å². The Morgan fingerprint density at radius 2 is 1.78 bits per heavy atom. The number of phenols is 1. The number of rotatable bonds is 3. The number of aromatic nitrogens is 1. The number of phenolic OH excluding ortho intramolecular Hbond substituents is 1. The molecule has 0 amide bonds. The first kappa shape index (κ1) is 18.8. The van der Waals surface area contributed by atoms with E-state index in [1.807, 2.05) is 0 Å². The van der Waals surface area contributed by atoms with Crippen molar-refractivity contribution in [3.8, 4) is 5.75 Å². The van der Waals surface area contributed by atoms with E-state index in [0.717, 1.165) is 10.6 Å². The lowest BCUT2D eigenvalue weighted by Crippen LogP contribution is -2.15. The van der Waals surface area contributed by atoms with Gasteiger partial charge in [0.05, 0.1) is 11.4 Å². The summed E-state index contributed by atoms with van der Waals surface area (Å²) >= 11 is 5.82. The monoisotopic (exact) mass is 393 g/mol. The van der Waals surface area contributed by atoms with Gasteiger partial charge in [-0.15, -0.1) is 0 Å². The third-order valence-corrected chi connectivity index (χ3v) is 4.76. The topological polar surface area (TPSA) is 79.5 Å². The highest BCUT2D eigenvalue weighted by atomic mass is 35.5. The van der Waals surface area contributed by atoms with Crippen molar-refractivity contribution in [2.75, 3.05) is 0 Å². The Labute approximate surface area is 157 Å². The van der Waals surface area contributed by atoms with Crippen LogP contribution in [0.4, 0.5) is 8.78 Å². The maximum absolute atomic E-state index is 14.6. The molecule has 1 atom stereocenters. The van der Waals surface area contributed by atoms with Gasteiger partial charge in [-0.25, -0.2) is 8.78 Å². The van der Waals surface area contributed by atoms with E-state index < -0.39 is 35.2 Å². The van der Waals surface area contributed by atoms with Gasteiger partial charge in [0.25, 0.3) is 5.91 Å². The van der Waals surface area contributed by atoms with Gasteiger partial charge in [0.2, 0.25) is 0 Å². The molecular weight excluding hydrogens is 380 g/mol. The maximum Gasteiger partial charge on any atom is 0.310 e. The Kier molecular flexibility index (Phi) is 4.65.